The lowest BCUT2D eigenvalue weighted by Crippen LogP contribution is -2.39. The van der Waals surface area contributed by atoms with Gasteiger partial charge in [-0.25, -0.2) is 0 Å². The van der Waals surface area contributed by atoms with Gasteiger partial charge in [-0.15, -0.1) is 0 Å². The van der Waals surface area contributed by atoms with Crippen LogP contribution in [0, 0.1) is 5.92 Å². The first kappa shape index (κ1) is 14.5. The molecule has 0 radical (unpaired) electrons. The highest BCUT2D eigenvalue weighted by atomic mass is 16.5. The summed E-state index contributed by atoms with van der Waals surface area (Å²) in [6, 6.07) is 0.304. The summed E-state index contributed by atoms with van der Waals surface area (Å²) in [7, 11) is 0. The zero-order chi connectivity index (χ0) is 14.0. The second-order valence-corrected chi connectivity index (χ2v) is 6.73. The van der Waals surface area contributed by atoms with Crippen LogP contribution in [0.4, 0.5) is 0 Å². The van der Waals surface area contributed by atoms with Crippen LogP contribution >= 0.6 is 0 Å². The molecule has 0 bridgehead atoms. The Balaban J connectivity index is 1.87. The van der Waals surface area contributed by atoms with E-state index in [4.69, 9.17) is 10.3 Å². The maximum absolute atomic E-state index is 5.96. The SMILES string of the molecule is CC(N)C1CCN(Cc2nc(C(C)(C)C)no2)CC1. The summed E-state index contributed by atoms with van der Waals surface area (Å²) in [6.45, 7) is 11.3. The molecule has 0 aromatic carbocycles. The summed E-state index contributed by atoms with van der Waals surface area (Å²) < 4.78 is 5.34. The monoisotopic (exact) mass is 266 g/mol. The second-order valence-electron chi connectivity index (χ2n) is 6.73. The van der Waals surface area contributed by atoms with Crippen molar-refractivity contribution in [1.29, 1.82) is 0 Å². The van der Waals surface area contributed by atoms with Gasteiger partial charge < -0.3 is 10.3 Å². The summed E-state index contributed by atoms with van der Waals surface area (Å²) in [6.07, 6.45) is 2.33. The molecule has 108 valence electrons. The van der Waals surface area contributed by atoms with E-state index in [0.29, 0.717) is 12.0 Å². The zero-order valence-corrected chi connectivity index (χ0v) is 12.5. The van der Waals surface area contributed by atoms with Crippen LogP contribution in [0.5, 0.6) is 0 Å². The highest BCUT2D eigenvalue weighted by Crippen LogP contribution is 2.22. The molecule has 2 N–H and O–H groups in total. The fourth-order valence-corrected chi connectivity index (χ4v) is 2.45. The van der Waals surface area contributed by atoms with E-state index in [2.05, 4.69) is 42.7 Å². The summed E-state index contributed by atoms with van der Waals surface area (Å²) in [5.74, 6) is 2.17. The molecule has 2 rings (SSSR count). The van der Waals surface area contributed by atoms with E-state index < -0.39 is 0 Å². The number of hydrogen-bond acceptors (Lipinski definition) is 5. The first-order chi connectivity index (χ1) is 8.86. The van der Waals surface area contributed by atoms with Crippen LogP contribution in [0.2, 0.25) is 0 Å². The third kappa shape index (κ3) is 3.76. The molecule has 5 heteroatoms. The van der Waals surface area contributed by atoms with Gasteiger partial charge in [-0.2, -0.15) is 4.98 Å². The molecule has 1 saturated heterocycles. The first-order valence-electron chi connectivity index (χ1n) is 7.17. The highest BCUT2D eigenvalue weighted by molar-refractivity contribution is 5.00. The molecule has 0 amide bonds. The van der Waals surface area contributed by atoms with Crippen LogP contribution in [-0.2, 0) is 12.0 Å². The lowest BCUT2D eigenvalue weighted by atomic mass is 9.91. The summed E-state index contributed by atoms with van der Waals surface area (Å²) >= 11 is 0. The molecule has 5 nitrogen and oxygen atoms in total. The molecule has 1 atom stereocenters. The molecule has 1 aliphatic rings. The molecular formula is C14H26N4O. The van der Waals surface area contributed by atoms with Gasteiger partial charge in [0.15, 0.2) is 5.82 Å². The number of likely N-dealkylation sites (tertiary alicyclic amines) is 1. The van der Waals surface area contributed by atoms with E-state index in [-0.39, 0.29) is 5.41 Å². The smallest absolute Gasteiger partial charge is 0.240 e. The van der Waals surface area contributed by atoms with Crippen molar-refractivity contribution in [3.05, 3.63) is 11.7 Å². The van der Waals surface area contributed by atoms with Crippen LogP contribution < -0.4 is 5.73 Å². The molecule has 2 heterocycles. The van der Waals surface area contributed by atoms with Crippen LogP contribution in [0.1, 0.15) is 52.3 Å². The minimum atomic E-state index is -0.0519. The molecule has 1 aromatic heterocycles. The average Bonchev–Trinajstić information content (AvgIpc) is 2.78. The summed E-state index contributed by atoms with van der Waals surface area (Å²) in [5, 5.41) is 4.06. The molecule has 1 unspecified atom stereocenters. The van der Waals surface area contributed by atoms with Crippen LogP contribution in [-0.4, -0.2) is 34.2 Å². The van der Waals surface area contributed by atoms with E-state index in [1.54, 1.807) is 0 Å². The molecule has 1 fully saturated rings. The minimum Gasteiger partial charge on any atom is -0.338 e. The molecule has 0 aliphatic carbocycles. The predicted octanol–water partition coefficient (Wildman–Crippen LogP) is 1.93. The Kier molecular flexibility index (Phi) is 4.26. The number of nitrogens with two attached hydrogens (primary N) is 1. The van der Waals surface area contributed by atoms with E-state index in [0.717, 1.165) is 44.2 Å². The van der Waals surface area contributed by atoms with Crippen molar-refractivity contribution in [1.82, 2.24) is 15.0 Å². The Morgan fingerprint density at radius 2 is 2.00 bits per heavy atom. The fourth-order valence-electron chi connectivity index (χ4n) is 2.45. The topological polar surface area (TPSA) is 68.2 Å². The number of piperidine rings is 1. The fraction of sp³-hybridized carbons (Fsp3) is 0.857. The molecule has 19 heavy (non-hydrogen) atoms. The third-order valence-electron chi connectivity index (χ3n) is 3.87. The van der Waals surface area contributed by atoms with Crippen molar-refractivity contribution in [3.8, 4) is 0 Å². The largest absolute Gasteiger partial charge is 0.338 e. The van der Waals surface area contributed by atoms with Gasteiger partial charge in [-0.1, -0.05) is 25.9 Å². The van der Waals surface area contributed by atoms with Crippen molar-refractivity contribution in [2.24, 2.45) is 11.7 Å². The van der Waals surface area contributed by atoms with Crippen molar-refractivity contribution < 1.29 is 4.52 Å². The highest BCUT2D eigenvalue weighted by Gasteiger charge is 2.25. The third-order valence-corrected chi connectivity index (χ3v) is 3.87. The lowest BCUT2D eigenvalue weighted by molar-refractivity contribution is 0.149. The van der Waals surface area contributed by atoms with E-state index in [1.807, 2.05) is 0 Å². The Bertz CT molecular complexity index is 400. The molecule has 0 spiro atoms. The van der Waals surface area contributed by atoms with Crippen LogP contribution in [0.25, 0.3) is 0 Å². The minimum absolute atomic E-state index is 0.0519. The van der Waals surface area contributed by atoms with Gasteiger partial charge in [0, 0.05) is 11.5 Å². The number of aromatic nitrogens is 2. The second kappa shape index (κ2) is 5.59. The molecule has 1 aliphatic heterocycles. The van der Waals surface area contributed by atoms with Gasteiger partial charge in [0.2, 0.25) is 5.89 Å². The van der Waals surface area contributed by atoms with Crippen molar-refractivity contribution in [2.75, 3.05) is 13.1 Å². The van der Waals surface area contributed by atoms with E-state index in [9.17, 15) is 0 Å². The standard InChI is InChI=1S/C14H26N4O/c1-10(15)11-5-7-18(8-6-11)9-12-16-13(17-19-12)14(2,3)4/h10-11H,5-9,15H2,1-4H3. The average molecular weight is 266 g/mol. The van der Waals surface area contributed by atoms with E-state index in [1.165, 1.54) is 0 Å². The maximum Gasteiger partial charge on any atom is 0.240 e. The molecule has 1 aromatic rings. The van der Waals surface area contributed by atoms with Crippen molar-refractivity contribution in [2.45, 2.75) is 58.5 Å². The normalized spacial score (nSPS) is 20.7. The predicted molar refractivity (Wildman–Crippen MR) is 74.6 cm³/mol. The number of hydrogen-bond donors (Lipinski definition) is 1. The maximum atomic E-state index is 5.96. The van der Waals surface area contributed by atoms with Crippen LogP contribution in [0.3, 0.4) is 0 Å². The van der Waals surface area contributed by atoms with Gasteiger partial charge in [0.25, 0.3) is 0 Å². The van der Waals surface area contributed by atoms with Gasteiger partial charge >= 0.3 is 0 Å². The molecule has 0 saturated carbocycles. The van der Waals surface area contributed by atoms with Crippen LogP contribution in [0.15, 0.2) is 4.52 Å². The lowest BCUT2D eigenvalue weighted by Gasteiger charge is -2.32. The zero-order valence-electron chi connectivity index (χ0n) is 12.5. The van der Waals surface area contributed by atoms with Gasteiger partial charge in [0.05, 0.1) is 6.54 Å². The quantitative estimate of drug-likeness (QED) is 0.905. The molecular weight excluding hydrogens is 240 g/mol. The Morgan fingerprint density at radius 3 is 2.47 bits per heavy atom. The van der Waals surface area contributed by atoms with Gasteiger partial charge in [-0.3, -0.25) is 4.90 Å². The van der Waals surface area contributed by atoms with Crippen molar-refractivity contribution in [3.63, 3.8) is 0 Å². The Hall–Kier alpha value is -0.940. The summed E-state index contributed by atoms with van der Waals surface area (Å²) in [5.41, 5.74) is 5.91. The number of rotatable bonds is 3. The van der Waals surface area contributed by atoms with Gasteiger partial charge in [0.1, 0.15) is 0 Å². The number of nitrogens with zero attached hydrogens (tertiary/aromatic N) is 3. The van der Waals surface area contributed by atoms with Crippen molar-refractivity contribution >= 4 is 0 Å². The first-order valence-corrected chi connectivity index (χ1v) is 7.17. The van der Waals surface area contributed by atoms with Gasteiger partial charge in [-0.05, 0) is 38.8 Å². The Morgan fingerprint density at radius 1 is 1.37 bits per heavy atom. The summed E-state index contributed by atoms with van der Waals surface area (Å²) in [4.78, 5) is 6.86. The Labute approximate surface area is 115 Å². The van der Waals surface area contributed by atoms with E-state index >= 15 is 0 Å².